The van der Waals surface area contributed by atoms with E-state index in [1.807, 2.05) is 6.20 Å². The zero-order valence-electron chi connectivity index (χ0n) is 9.61. The SMILES string of the molecule is CCn1ccnc1C1(O)CCCC(C)C1. The van der Waals surface area contributed by atoms with Crippen molar-refractivity contribution >= 4 is 0 Å². The second kappa shape index (κ2) is 3.97. The van der Waals surface area contributed by atoms with Crippen LogP contribution >= 0.6 is 0 Å². The molecule has 0 aromatic carbocycles. The van der Waals surface area contributed by atoms with E-state index in [2.05, 4.69) is 23.4 Å². The molecule has 2 rings (SSSR count). The largest absolute Gasteiger partial charge is 0.382 e. The van der Waals surface area contributed by atoms with Crippen molar-refractivity contribution in [3.05, 3.63) is 18.2 Å². The molecular weight excluding hydrogens is 188 g/mol. The molecule has 2 unspecified atom stereocenters. The molecule has 2 atom stereocenters. The Balaban J connectivity index is 2.27. The van der Waals surface area contributed by atoms with Crippen LogP contribution in [0.2, 0.25) is 0 Å². The number of rotatable bonds is 2. The molecule has 1 N–H and O–H groups in total. The summed E-state index contributed by atoms with van der Waals surface area (Å²) in [7, 11) is 0. The number of nitrogens with zero attached hydrogens (tertiary/aromatic N) is 2. The van der Waals surface area contributed by atoms with Crippen LogP contribution in [0.3, 0.4) is 0 Å². The summed E-state index contributed by atoms with van der Waals surface area (Å²) in [6.07, 6.45) is 7.78. The molecular formula is C12H20N2O. The molecule has 0 radical (unpaired) electrons. The monoisotopic (exact) mass is 208 g/mol. The summed E-state index contributed by atoms with van der Waals surface area (Å²) in [4.78, 5) is 4.33. The van der Waals surface area contributed by atoms with Crippen LogP contribution in [0.15, 0.2) is 12.4 Å². The van der Waals surface area contributed by atoms with E-state index in [9.17, 15) is 5.11 Å². The van der Waals surface area contributed by atoms with Gasteiger partial charge in [0.15, 0.2) is 0 Å². The van der Waals surface area contributed by atoms with Gasteiger partial charge in [0.2, 0.25) is 0 Å². The third-order valence-corrected chi connectivity index (χ3v) is 3.45. The second-order valence-electron chi connectivity index (χ2n) is 4.77. The first kappa shape index (κ1) is 10.7. The number of imidazole rings is 1. The van der Waals surface area contributed by atoms with E-state index in [-0.39, 0.29) is 0 Å². The minimum Gasteiger partial charge on any atom is -0.382 e. The topological polar surface area (TPSA) is 38.0 Å². The third-order valence-electron chi connectivity index (χ3n) is 3.45. The lowest BCUT2D eigenvalue weighted by Crippen LogP contribution is -2.34. The molecule has 0 spiro atoms. The highest BCUT2D eigenvalue weighted by atomic mass is 16.3. The molecule has 1 aromatic heterocycles. The Morgan fingerprint density at radius 1 is 1.67 bits per heavy atom. The lowest BCUT2D eigenvalue weighted by Gasteiger charge is -2.35. The van der Waals surface area contributed by atoms with Crippen molar-refractivity contribution in [3.63, 3.8) is 0 Å². The Morgan fingerprint density at radius 2 is 2.47 bits per heavy atom. The van der Waals surface area contributed by atoms with Gasteiger partial charge in [-0.05, 0) is 32.1 Å². The summed E-state index contributed by atoms with van der Waals surface area (Å²) >= 11 is 0. The minimum absolute atomic E-state index is 0.603. The van der Waals surface area contributed by atoms with Crippen molar-refractivity contribution in [2.75, 3.05) is 0 Å². The third kappa shape index (κ3) is 1.93. The van der Waals surface area contributed by atoms with Crippen LogP contribution in [-0.2, 0) is 12.1 Å². The summed E-state index contributed by atoms with van der Waals surface area (Å²) < 4.78 is 2.05. The minimum atomic E-state index is -0.683. The van der Waals surface area contributed by atoms with Gasteiger partial charge in [0.1, 0.15) is 11.4 Å². The maximum absolute atomic E-state index is 10.6. The Hall–Kier alpha value is -0.830. The van der Waals surface area contributed by atoms with Gasteiger partial charge in [-0.25, -0.2) is 4.98 Å². The van der Waals surface area contributed by atoms with E-state index in [1.54, 1.807) is 6.20 Å². The number of aromatic nitrogens is 2. The average Bonchev–Trinajstić information content (AvgIpc) is 2.65. The fourth-order valence-electron chi connectivity index (χ4n) is 2.70. The van der Waals surface area contributed by atoms with Crippen LogP contribution in [-0.4, -0.2) is 14.7 Å². The van der Waals surface area contributed by atoms with Crippen molar-refractivity contribution in [3.8, 4) is 0 Å². The van der Waals surface area contributed by atoms with E-state index in [0.717, 1.165) is 31.6 Å². The highest BCUT2D eigenvalue weighted by Crippen LogP contribution is 2.38. The molecule has 0 bridgehead atoms. The second-order valence-corrected chi connectivity index (χ2v) is 4.77. The fourth-order valence-corrected chi connectivity index (χ4v) is 2.70. The van der Waals surface area contributed by atoms with Gasteiger partial charge in [-0.1, -0.05) is 13.3 Å². The van der Waals surface area contributed by atoms with Crippen LogP contribution in [0.25, 0.3) is 0 Å². The van der Waals surface area contributed by atoms with E-state index in [0.29, 0.717) is 5.92 Å². The van der Waals surface area contributed by atoms with E-state index in [4.69, 9.17) is 0 Å². The molecule has 1 fully saturated rings. The zero-order chi connectivity index (χ0) is 10.9. The molecule has 3 heteroatoms. The molecule has 1 aromatic rings. The van der Waals surface area contributed by atoms with Crippen molar-refractivity contribution in [2.45, 2.75) is 51.7 Å². The molecule has 3 nitrogen and oxygen atoms in total. The van der Waals surface area contributed by atoms with Crippen molar-refractivity contribution < 1.29 is 5.11 Å². The maximum atomic E-state index is 10.6. The van der Waals surface area contributed by atoms with Gasteiger partial charge in [0.05, 0.1) is 0 Å². The molecule has 15 heavy (non-hydrogen) atoms. The zero-order valence-corrected chi connectivity index (χ0v) is 9.61. The first-order chi connectivity index (χ1) is 7.15. The normalized spacial score (nSPS) is 31.8. The standard InChI is InChI=1S/C12H20N2O/c1-3-14-8-7-13-11(14)12(15)6-4-5-10(2)9-12/h7-8,10,15H,3-6,9H2,1-2H3. The number of aliphatic hydroxyl groups is 1. The molecule has 84 valence electrons. The van der Waals surface area contributed by atoms with Crippen LogP contribution in [0.1, 0.15) is 45.4 Å². The summed E-state index contributed by atoms with van der Waals surface area (Å²) in [5.41, 5.74) is -0.683. The molecule has 1 heterocycles. The highest BCUT2D eigenvalue weighted by molar-refractivity contribution is 5.06. The number of hydrogen-bond donors (Lipinski definition) is 1. The number of aryl methyl sites for hydroxylation is 1. The molecule has 0 aliphatic heterocycles. The van der Waals surface area contributed by atoms with Gasteiger partial charge in [-0.15, -0.1) is 0 Å². The van der Waals surface area contributed by atoms with Gasteiger partial charge in [0, 0.05) is 18.9 Å². The number of hydrogen-bond acceptors (Lipinski definition) is 2. The van der Waals surface area contributed by atoms with Gasteiger partial charge < -0.3 is 9.67 Å². The molecule has 1 aliphatic carbocycles. The fraction of sp³-hybridized carbons (Fsp3) is 0.750. The van der Waals surface area contributed by atoms with Crippen LogP contribution in [0.5, 0.6) is 0 Å². The van der Waals surface area contributed by atoms with Crippen molar-refractivity contribution in [2.24, 2.45) is 5.92 Å². The Bertz CT molecular complexity index is 334. The Labute approximate surface area is 91.1 Å². The summed E-state index contributed by atoms with van der Waals surface area (Å²) in [6.45, 7) is 5.18. The lowest BCUT2D eigenvalue weighted by molar-refractivity contribution is -0.0283. The van der Waals surface area contributed by atoms with Crippen LogP contribution in [0, 0.1) is 5.92 Å². The van der Waals surface area contributed by atoms with Crippen LogP contribution < -0.4 is 0 Å². The van der Waals surface area contributed by atoms with Gasteiger partial charge in [-0.3, -0.25) is 0 Å². The quantitative estimate of drug-likeness (QED) is 0.809. The van der Waals surface area contributed by atoms with Crippen molar-refractivity contribution in [1.29, 1.82) is 0 Å². The Morgan fingerprint density at radius 3 is 3.13 bits per heavy atom. The summed E-state index contributed by atoms with van der Waals surface area (Å²) in [5.74, 6) is 1.46. The van der Waals surface area contributed by atoms with E-state index >= 15 is 0 Å². The Kier molecular flexibility index (Phi) is 2.83. The van der Waals surface area contributed by atoms with Crippen molar-refractivity contribution in [1.82, 2.24) is 9.55 Å². The lowest BCUT2D eigenvalue weighted by atomic mass is 9.78. The molecule has 1 aliphatic rings. The molecule has 0 saturated heterocycles. The van der Waals surface area contributed by atoms with Gasteiger partial charge in [0.25, 0.3) is 0 Å². The predicted octanol–water partition coefficient (Wildman–Crippen LogP) is 2.30. The predicted molar refractivity (Wildman–Crippen MR) is 59.4 cm³/mol. The maximum Gasteiger partial charge on any atom is 0.140 e. The summed E-state index contributed by atoms with van der Waals surface area (Å²) in [5, 5.41) is 10.6. The average molecular weight is 208 g/mol. The molecule has 1 saturated carbocycles. The summed E-state index contributed by atoms with van der Waals surface area (Å²) in [6, 6.07) is 0. The van der Waals surface area contributed by atoms with E-state index < -0.39 is 5.60 Å². The van der Waals surface area contributed by atoms with Gasteiger partial charge >= 0.3 is 0 Å². The van der Waals surface area contributed by atoms with E-state index in [1.165, 1.54) is 6.42 Å². The first-order valence-electron chi connectivity index (χ1n) is 5.89. The molecule has 0 amide bonds. The smallest absolute Gasteiger partial charge is 0.140 e. The van der Waals surface area contributed by atoms with Gasteiger partial charge in [-0.2, -0.15) is 0 Å². The van der Waals surface area contributed by atoms with Crippen LogP contribution in [0.4, 0.5) is 0 Å². The first-order valence-corrected chi connectivity index (χ1v) is 5.89. The highest BCUT2D eigenvalue weighted by Gasteiger charge is 2.37.